The van der Waals surface area contributed by atoms with E-state index < -0.39 is 0 Å². The van der Waals surface area contributed by atoms with Crippen LogP contribution in [-0.2, 0) is 4.74 Å². The average Bonchev–Trinajstić information content (AvgIpc) is 2.44. The number of carbonyl (C=O) groups is 1. The minimum Gasteiger partial charge on any atom is -0.508 e. The number of phenols is 2. The number of nitrogens with one attached hydrogen (secondary N) is 1. The van der Waals surface area contributed by atoms with E-state index in [9.17, 15) is 15.0 Å². The Balaban J connectivity index is 1.69. The van der Waals surface area contributed by atoms with Crippen molar-refractivity contribution in [1.29, 1.82) is 0 Å². The topological polar surface area (TPSA) is 105 Å². The summed E-state index contributed by atoms with van der Waals surface area (Å²) < 4.78 is 5.70. The summed E-state index contributed by atoms with van der Waals surface area (Å²) in [5, 5.41) is 21.4. The Morgan fingerprint density at radius 3 is 2.43 bits per heavy atom. The fraction of sp³-hybridized carbons (Fsp3) is 0.533. The highest BCUT2D eigenvalue weighted by Crippen LogP contribution is 2.20. The predicted molar refractivity (Wildman–Crippen MR) is 78.3 cm³/mol. The van der Waals surface area contributed by atoms with Crippen molar-refractivity contribution in [2.75, 3.05) is 13.2 Å². The molecule has 6 heteroatoms. The first-order chi connectivity index (χ1) is 10.0. The molecule has 21 heavy (non-hydrogen) atoms. The van der Waals surface area contributed by atoms with E-state index in [4.69, 9.17) is 10.5 Å². The first kappa shape index (κ1) is 15.6. The minimum absolute atomic E-state index is 0.144. The summed E-state index contributed by atoms with van der Waals surface area (Å²) in [6.07, 6.45) is 4.14. The lowest BCUT2D eigenvalue weighted by atomic mass is 9.94. The van der Waals surface area contributed by atoms with Crippen molar-refractivity contribution in [3.05, 3.63) is 23.8 Å². The largest absolute Gasteiger partial charge is 0.508 e. The van der Waals surface area contributed by atoms with Gasteiger partial charge in [-0.1, -0.05) is 0 Å². The zero-order valence-electron chi connectivity index (χ0n) is 11.9. The molecular weight excluding hydrogens is 272 g/mol. The van der Waals surface area contributed by atoms with Gasteiger partial charge in [0.1, 0.15) is 11.5 Å². The number of hydrogen-bond donors (Lipinski definition) is 4. The predicted octanol–water partition coefficient (Wildman–Crippen LogP) is 1.11. The second-order valence-electron chi connectivity index (χ2n) is 5.40. The number of benzene rings is 1. The Labute approximate surface area is 123 Å². The highest BCUT2D eigenvalue weighted by molar-refractivity contribution is 5.95. The molecule has 1 fully saturated rings. The second kappa shape index (κ2) is 7.28. The summed E-state index contributed by atoms with van der Waals surface area (Å²) in [5.74, 6) is -0.639. The molecule has 1 aromatic carbocycles. The van der Waals surface area contributed by atoms with Crippen LogP contribution in [0.15, 0.2) is 18.2 Å². The first-order valence-electron chi connectivity index (χ1n) is 7.23. The molecule has 116 valence electrons. The SMILES string of the molecule is NC1CCC(OCCNC(=O)c2cc(O)cc(O)c2)CC1. The van der Waals surface area contributed by atoms with Gasteiger partial charge in [-0.3, -0.25) is 4.79 Å². The molecule has 0 radical (unpaired) electrons. The molecular formula is C15H22N2O4. The summed E-state index contributed by atoms with van der Waals surface area (Å²) >= 11 is 0. The number of amides is 1. The van der Waals surface area contributed by atoms with Gasteiger partial charge in [-0.05, 0) is 37.8 Å². The molecule has 2 rings (SSSR count). The van der Waals surface area contributed by atoms with Crippen molar-refractivity contribution < 1.29 is 19.7 Å². The Hall–Kier alpha value is -1.79. The number of phenolic OH excluding ortho intramolecular Hbond substituents is 2. The van der Waals surface area contributed by atoms with Crippen molar-refractivity contribution in [2.24, 2.45) is 5.73 Å². The normalized spacial score (nSPS) is 22.0. The lowest BCUT2D eigenvalue weighted by molar-refractivity contribution is 0.0267. The zero-order valence-corrected chi connectivity index (χ0v) is 11.9. The third-order valence-electron chi connectivity index (χ3n) is 3.62. The number of aromatic hydroxyl groups is 2. The molecule has 1 aliphatic carbocycles. The first-order valence-corrected chi connectivity index (χ1v) is 7.23. The summed E-state index contributed by atoms with van der Waals surface area (Å²) in [6.45, 7) is 0.828. The van der Waals surface area contributed by atoms with E-state index in [1.165, 1.54) is 18.2 Å². The van der Waals surface area contributed by atoms with E-state index in [2.05, 4.69) is 5.32 Å². The highest BCUT2D eigenvalue weighted by Gasteiger charge is 2.18. The molecule has 0 heterocycles. The van der Waals surface area contributed by atoms with E-state index in [0.29, 0.717) is 19.2 Å². The van der Waals surface area contributed by atoms with Crippen LogP contribution in [0.3, 0.4) is 0 Å². The summed E-state index contributed by atoms with van der Waals surface area (Å²) in [4.78, 5) is 11.8. The maximum Gasteiger partial charge on any atom is 0.251 e. The molecule has 0 bridgehead atoms. The van der Waals surface area contributed by atoms with Crippen LogP contribution in [0.4, 0.5) is 0 Å². The number of carbonyl (C=O) groups excluding carboxylic acids is 1. The van der Waals surface area contributed by atoms with Crippen LogP contribution in [0, 0.1) is 0 Å². The van der Waals surface area contributed by atoms with Gasteiger partial charge < -0.3 is 26.0 Å². The van der Waals surface area contributed by atoms with Crippen molar-refractivity contribution in [1.82, 2.24) is 5.32 Å². The lowest BCUT2D eigenvalue weighted by Crippen LogP contribution is -2.33. The van der Waals surface area contributed by atoms with Crippen LogP contribution in [0.2, 0.25) is 0 Å². The molecule has 0 aromatic heterocycles. The zero-order chi connectivity index (χ0) is 15.2. The summed E-state index contributed by atoms with van der Waals surface area (Å²) in [7, 11) is 0. The molecule has 1 amide bonds. The van der Waals surface area contributed by atoms with E-state index in [0.717, 1.165) is 25.7 Å². The van der Waals surface area contributed by atoms with E-state index >= 15 is 0 Å². The lowest BCUT2D eigenvalue weighted by Gasteiger charge is -2.26. The van der Waals surface area contributed by atoms with E-state index in [1.54, 1.807) is 0 Å². The molecule has 0 atom stereocenters. The molecule has 0 saturated heterocycles. The van der Waals surface area contributed by atoms with Crippen LogP contribution >= 0.6 is 0 Å². The molecule has 0 unspecified atom stereocenters. The van der Waals surface area contributed by atoms with Gasteiger partial charge in [0, 0.05) is 24.2 Å². The van der Waals surface area contributed by atoms with Gasteiger partial charge in [0.05, 0.1) is 12.7 Å². The van der Waals surface area contributed by atoms with E-state index in [1.807, 2.05) is 0 Å². The van der Waals surface area contributed by atoms with Gasteiger partial charge in [0.15, 0.2) is 0 Å². The van der Waals surface area contributed by atoms with E-state index in [-0.39, 0.29) is 29.1 Å². The molecule has 1 aliphatic rings. The van der Waals surface area contributed by atoms with Gasteiger partial charge >= 0.3 is 0 Å². The smallest absolute Gasteiger partial charge is 0.251 e. The number of nitrogens with two attached hydrogens (primary N) is 1. The standard InChI is InChI=1S/C15H22N2O4/c16-11-1-3-14(4-2-11)21-6-5-17-15(20)10-7-12(18)9-13(19)8-10/h7-9,11,14,18-19H,1-6,16H2,(H,17,20). The van der Waals surface area contributed by atoms with Gasteiger partial charge in [-0.15, -0.1) is 0 Å². The van der Waals surface area contributed by atoms with Crippen molar-refractivity contribution >= 4 is 5.91 Å². The van der Waals surface area contributed by atoms with Crippen LogP contribution in [0.1, 0.15) is 36.0 Å². The third-order valence-corrected chi connectivity index (χ3v) is 3.62. The van der Waals surface area contributed by atoms with Gasteiger partial charge in [-0.25, -0.2) is 0 Å². The van der Waals surface area contributed by atoms with Crippen molar-refractivity contribution in [2.45, 2.75) is 37.8 Å². The fourth-order valence-electron chi connectivity index (χ4n) is 2.47. The third kappa shape index (κ3) is 4.91. The molecule has 6 nitrogen and oxygen atoms in total. The molecule has 1 saturated carbocycles. The van der Waals surface area contributed by atoms with Crippen LogP contribution in [0.5, 0.6) is 11.5 Å². The van der Waals surface area contributed by atoms with Crippen LogP contribution in [-0.4, -0.2) is 41.4 Å². The Bertz CT molecular complexity index is 464. The van der Waals surface area contributed by atoms with Crippen LogP contribution in [0.25, 0.3) is 0 Å². The van der Waals surface area contributed by atoms with Crippen LogP contribution < -0.4 is 11.1 Å². The average molecular weight is 294 g/mol. The van der Waals surface area contributed by atoms with Gasteiger partial charge in [0.2, 0.25) is 0 Å². The minimum atomic E-state index is -0.351. The van der Waals surface area contributed by atoms with Gasteiger partial charge in [-0.2, -0.15) is 0 Å². The second-order valence-corrected chi connectivity index (χ2v) is 5.40. The Morgan fingerprint density at radius 2 is 1.81 bits per heavy atom. The maximum absolute atomic E-state index is 11.8. The molecule has 5 N–H and O–H groups in total. The fourth-order valence-corrected chi connectivity index (χ4v) is 2.47. The molecule has 1 aromatic rings. The van der Waals surface area contributed by atoms with Gasteiger partial charge in [0.25, 0.3) is 5.91 Å². The maximum atomic E-state index is 11.8. The quantitative estimate of drug-likeness (QED) is 0.609. The summed E-state index contributed by atoms with van der Waals surface area (Å²) in [5.41, 5.74) is 6.05. The van der Waals surface area contributed by atoms with Crippen molar-refractivity contribution in [3.63, 3.8) is 0 Å². The monoisotopic (exact) mass is 294 g/mol. The number of hydrogen-bond acceptors (Lipinski definition) is 5. The summed E-state index contributed by atoms with van der Waals surface area (Å²) in [6, 6.07) is 4.08. The number of rotatable bonds is 5. The number of ether oxygens (including phenoxy) is 1. The molecule has 0 spiro atoms. The van der Waals surface area contributed by atoms with Crippen molar-refractivity contribution in [3.8, 4) is 11.5 Å². The Kier molecular flexibility index (Phi) is 5.41. The Morgan fingerprint density at radius 1 is 1.19 bits per heavy atom. The highest BCUT2D eigenvalue weighted by atomic mass is 16.5. The molecule has 0 aliphatic heterocycles.